The van der Waals surface area contributed by atoms with Crippen molar-refractivity contribution in [3.05, 3.63) is 71.0 Å². The van der Waals surface area contributed by atoms with Crippen LogP contribution in [-0.2, 0) is 0 Å². The van der Waals surface area contributed by atoms with E-state index in [0.717, 1.165) is 22.7 Å². The molecule has 0 atom stereocenters. The lowest BCUT2D eigenvalue weighted by molar-refractivity contribution is 0.414. The highest BCUT2D eigenvalue weighted by Crippen LogP contribution is 2.30. The van der Waals surface area contributed by atoms with Crippen molar-refractivity contribution < 1.29 is 9.47 Å². The largest absolute Gasteiger partial charge is 0.497 e. The van der Waals surface area contributed by atoms with E-state index >= 15 is 0 Å². The molecule has 4 nitrogen and oxygen atoms in total. The molecule has 3 aromatic rings. The third-order valence-electron chi connectivity index (χ3n) is 3.88. The van der Waals surface area contributed by atoms with Gasteiger partial charge >= 0.3 is 0 Å². The second-order valence-corrected chi connectivity index (χ2v) is 5.99. The number of benzene rings is 2. The van der Waals surface area contributed by atoms with Gasteiger partial charge in [0.1, 0.15) is 17.2 Å². The average Bonchev–Trinajstić information content (AvgIpc) is 3.01. The molecule has 25 heavy (non-hydrogen) atoms. The molecule has 0 aliphatic heterocycles. The van der Waals surface area contributed by atoms with Gasteiger partial charge in [-0.05, 0) is 55.5 Å². The smallest absolute Gasteiger partial charge is 0.144 e. The summed E-state index contributed by atoms with van der Waals surface area (Å²) in [6, 6.07) is 15.4. The summed E-state index contributed by atoms with van der Waals surface area (Å²) in [6.07, 6.45) is 3.85. The Labute approximate surface area is 152 Å². The summed E-state index contributed by atoms with van der Waals surface area (Å²) in [5.74, 6) is 1.52. The maximum atomic E-state index is 6.05. The first kappa shape index (κ1) is 17.1. The quantitative estimate of drug-likeness (QED) is 0.590. The van der Waals surface area contributed by atoms with Crippen molar-refractivity contribution in [3.8, 4) is 17.2 Å². The maximum Gasteiger partial charge on any atom is 0.144 e. The molecule has 0 aliphatic carbocycles. The molecule has 0 amide bonds. The minimum absolute atomic E-state index is 0.625. The van der Waals surface area contributed by atoms with Crippen molar-refractivity contribution in [2.45, 2.75) is 6.92 Å². The van der Waals surface area contributed by atoms with E-state index in [4.69, 9.17) is 21.1 Å². The second-order valence-electron chi connectivity index (χ2n) is 5.56. The molecule has 0 unspecified atom stereocenters. The van der Waals surface area contributed by atoms with Crippen molar-refractivity contribution in [1.82, 2.24) is 4.57 Å². The lowest BCUT2D eigenvalue weighted by atomic mass is 10.3. The van der Waals surface area contributed by atoms with E-state index in [2.05, 4.69) is 22.5 Å². The topological polar surface area (TPSA) is 35.8 Å². The SMILES string of the molecule is COc1ccc(-n2cc(C=Nc3cc(Cl)ccc3OC)cc2C)cc1. The summed E-state index contributed by atoms with van der Waals surface area (Å²) in [6.45, 7) is 2.06. The lowest BCUT2D eigenvalue weighted by Crippen LogP contribution is -1.94. The van der Waals surface area contributed by atoms with E-state index in [1.54, 1.807) is 32.6 Å². The number of nitrogens with zero attached hydrogens (tertiary/aromatic N) is 2. The van der Waals surface area contributed by atoms with Gasteiger partial charge in [-0.3, -0.25) is 4.99 Å². The predicted molar refractivity (Wildman–Crippen MR) is 102 cm³/mol. The third-order valence-corrected chi connectivity index (χ3v) is 4.11. The van der Waals surface area contributed by atoms with Gasteiger partial charge in [-0.15, -0.1) is 0 Å². The lowest BCUT2D eigenvalue weighted by Gasteiger charge is -2.06. The summed E-state index contributed by atoms with van der Waals surface area (Å²) in [5.41, 5.74) is 3.88. The van der Waals surface area contributed by atoms with E-state index in [1.165, 1.54) is 0 Å². The second kappa shape index (κ2) is 7.45. The Morgan fingerprint density at radius 1 is 1.00 bits per heavy atom. The van der Waals surface area contributed by atoms with Crippen LogP contribution in [0.4, 0.5) is 5.69 Å². The van der Waals surface area contributed by atoms with Gasteiger partial charge in [0, 0.05) is 34.4 Å². The molecule has 0 aliphatic rings. The number of halogens is 1. The van der Waals surface area contributed by atoms with E-state index in [0.29, 0.717) is 16.5 Å². The summed E-state index contributed by atoms with van der Waals surface area (Å²) < 4.78 is 12.6. The Kier molecular flexibility index (Phi) is 5.10. The summed E-state index contributed by atoms with van der Waals surface area (Å²) in [7, 11) is 3.28. The average molecular weight is 355 g/mol. The number of hydrogen-bond donors (Lipinski definition) is 0. The first-order valence-corrected chi connectivity index (χ1v) is 8.19. The van der Waals surface area contributed by atoms with Crippen molar-refractivity contribution >= 4 is 23.5 Å². The zero-order valence-corrected chi connectivity index (χ0v) is 15.1. The predicted octanol–water partition coefficient (Wildman–Crippen LogP) is 5.21. The fraction of sp³-hybridized carbons (Fsp3) is 0.150. The molecule has 0 bridgehead atoms. The number of ether oxygens (including phenoxy) is 2. The molecule has 0 spiro atoms. The van der Waals surface area contributed by atoms with Crippen LogP contribution < -0.4 is 9.47 Å². The number of aromatic nitrogens is 1. The van der Waals surface area contributed by atoms with Gasteiger partial charge in [0.25, 0.3) is 0 Å². The standard InChI is InChI=1S/C20H19ClN2O2/c1-14-10-15(12-22-19-11-16(21)4-9-20(19)25-3)13-23(14)17-5-7-18(24-2)8-6-17/h4-13H,1-3H3. The molecule has 0 fully saturated rings. The van der Waals surface area contributed by atoms with Crippen molar-refractivity contribution in [1.29, 1.82) is 0 Å². The third kappa shape index (κ3) is 3.86. The van der Waals surface area contributed by atoms with E-state index in [9.17, 15) is 0 Å². The summed E-state index contributed by atoms with van der Waals surface area (Å²) >= 11 is 6.05. The van der Waals surface area contributed by atoms with Crippen LogP contribution in [0.25, 0.3) is 5.69 Å². The molecule has 0 N–H and O–H groups in total. The number of aryl methyl sites for hydroxylation is 1. The normalized spacial score (nSPS) is 11.0. The van der Waals surface area contributed by atoms with Crippen LogP contribution in [-0.4, -0.2) is 25.0 Å². The number of hydrogen-bond acceptors (Lipinski definition) is 3. The van der Waals surface area contributed by atoms with Crippen molar-refractivity contribution in [2.24, 2.45) is 4.99 Å². The Morgan fingerprint density at radius 3 is 2.44 bits per heavy atom. The number of methoxy groups -OCH3 is 2. The van der Waals surface area contributed by atoms with Crippen LogP contribution >= 0.6 is 11.6 Å². The van der Waals surface area contributed by atoms with E-state index in [1.807, 2.05) is 36.5 Å². The molecule has 0 saturated carbocycles. The van der Waals surface area contributed by atoms with Gasteiger partial charge in [-0.1, -0.05) is 11.6 Å². The highest BCUT2D eigenvalue weighted by Gasteiger charge is 2.05. The highest BCUT2D eigenvalue weighted by atomic mass is 35.5. The first-order chi connectivity index (χ1) is 12.1. The fourth-order valence-electron chi connectivity index (χ4n) is 2.60. The summed E-state index contributed by atoms with van der Waals surface area (Å²) in [5, 5.41) is 0.625. The van der Waals surface area contributed by atoms with Gasteiger partial charge in [0.15, 0.2) is 0 Å². The van der Waals surface area contributed by atoms with Gasteiger partial charge in [0.2, 0.25) is 0 Å². The monoisotopic (exact) mass is 354 g/mol. The Morgan fingerprint density at radius 2 is 1.76 bits per heavy atom. The molecule has 128 valence electrons. The fourth-order valence-corrected chi connectivity index (χ4v) is 2.76. The zero-order chi connectivity index (χ0) is 17.8. The molecule has 5 heteroatoms. The Hall–Kier alpha value is -2.72. The molecular formula is C20H19ClN2O2. The summed E-state index contributed by atoms with van der Waals surface area (Å²) in [4.78, 5) is 4.52. The highest BCUT2D eigenvalue weighted by molar-refractivity contribution is 6.30. The number of aliphatic imine (C=N–C) groups is 1. The van der Waals surface area contributed by atoms with Gasteiger partial charge in [-0.25, -0.2) is 0 Å². The van der Waals surface area contributed by atoms with Crippen LogP contribution in [0, 0.1) is 6.92 Å². The van der Waals surface area contributed by atoms with Crippen LogP contribution in [0.5, 0.6) is 11.5 Å². The van der Waals surface area contributed by atoms with E-state index in [-0.39, 0.29) is 0 Å². The minimum atomic E-state index is 0.625. The Bertz CT molecular complexity index is 899. The molecule has 1 heterocycles. The van der Waals surface area contributed by atoms with Crippen LogP contribution in [0.1, 0.15) is 11.3 Å². The van der Waals surface area contributed by atoms with Crippen LogP contribution in [0.2, 0.25) is 5.02 Å². The molecule has 2 aromatic carbocycles. The molecule has 0 radical (unpaired) electrons. The van der Waals surface area contributed by atoms with Gasteiger partial charge in [-0.2, -0.15) is 0 Å². The van der Waals surface area contributed by atoms with Crippen LogP contribution in [0.15, 0.2) is 59.7 Å². The van der Waals surface area contributed by atoms with Crippen molar-refractivity contribution in [3.63, 3.8) is 0 Å². The van der Waals surface area contributed by atoms with Crippen LogP contribution in [0.3, 0.4) is 0 Å². The molecule has 0 saturated heterocycles. The minimum Gasteiger partial charge on any atom is -0.497 e. The molecule has 3 rings (SSSR count). The Balaban J connectivity index is 1.88. The molecule has 1 aromatic heterocycles. The van der Waals surface area contributed by atoms with Crippen molar-refractivity contribution in [2.75, 3.05) is 14.2 Å². The maximum absolute atomic E-state index is 6.05. The van der Waals surface area contributed by atoms with Gasteiger partial charge in [0.05, 0.1) is 14.2 Å². The zero-order valence-electron chi connectivity index (χ0n) is 14.4. The van der Waals surface area contributed by atoms with E-state index < -0.39 is 0 Å². The molecular weight excluding hydrogens is 336 g/mol. The number of rotatable bonds is 5. The van der Waals surface area contributed by atoms with Gasteiger partial charge < -0.3 is 14.0 Å². The first-order valence-electron chi connectivity index (χ1n) is 7.82.